The smallest absolute Gasteiger partial charge is 0.0733 e. The molecule has 2 nitrogen and oxygen atoms in total. The molecule has 1 aromatic carbocycles. The van der Waals surface area contributed by atoms with Gasteiger partial charge in [-0.15, -0.1) is 0 Å². The Hall–Kier alpha value is -1.41. The number of hydrogen-bond donors (Lipinski definition) is 1. The van der Waals surface area contributed by atoms with Gasteiger partial charge in [0.25, 0.3) is 0 Å². The summed E-state index contributed by atoms with van der Waals surface area (Å²) in [4.78, 5) is 4.50. The molecule has 1 fully saturated rings. The van der Waals surface area contributed by atoms with Crippen LogP contribution < -0.4 is 5.32 Å². The van der Waals surface area contributed by atoms with Gasteiger partial charge in [-0.2, -0.15) is 0 Å². The predicted octanol–water partition coefficient (Wildman–Crippen LogP) is 2.39. The standard InChI is InChI=1S/C14H16N2/c1-3-12-5-2-7-16-14(12)13(4-1)9-11-6-8-15-10-11/h1-5,7,11,15H,6,8-10H2. The molecule has 1 aliphatic rings. The van der Waals surface area contributed by atoms with Gasteiger partial charge in [0.15, 0.2) is 0 Å². The van der Waals surface area contributed by atoms with Crippen molar-refractivity contribution in [3.05, 3.63) is 42.1 Å². The lowest BCUT2D eigenvalue weighted by molar-refractivity contribution is 0.582. The van der Waals surface area contributed by atoms with Crippen molar-refractivity contribution in [2.75, 3.05) is 13.1 Å². The van der Waals surface area contributed by atoms with Gasteiger partial charge in [0.05, 0.1) is 5.52 Å². The van der Waals surface area contributed by atoms with Crippen LogP contribution in [0.2, 0.25) is 0 Å². The topological polar surface area (TPSA) is 24.9 Å². The SMILES string of the molecule is c1cnc2c(CC3CCNC3)cccc2c1. The summed E-state index contributed by atoms with van der Waals surface area (Å²) in [6.07, 6.45) is 4.34. The summed E-state index contributed by atoms with van der Waals surface area (Å²) in [5, 5.41) is 4.68. The van der Waals surface area contributed by atoms with E-state index in [-0.39, 0.29) is 0 Å². The normalized spacial score (nSPS) is 20.4. The third-order valence-electron chi connectivity index (χ3n) is 3.39. The molecule has 1 unspecified atom stereocenters. The molecule has 1 atom stereocenters. The molecule has 2 heterocycles. The van der Waals surface area contributed by atoms with Crippen molar-refractivity contribution in [2.24, 2.45) is 5.92 Å². The van der Waals surface area contributed by atoms with Crippen LogP contribution >= 0.6 is 0 Å². The zero-order valence-corrected chi connectivity index (χ0v) is 9.32. The average Bonchev–Trinajstić information content (AvgIpc) is 2.82. The van der Waals surface area contributed by atoms with Crippen LogP contribution in [0.3, 0.4) is 0 Å². The van der Waals surface area contributed by atoms with E-state index in [0.717, 1.165) is 18.9 Å². The van der Waals surface area contributed by atoms with E-state index in [1.807, 2.05) is 12.3 Å². The predicted molar refractivity (Wildman–Crippen MR) is 66.4 cm³/mol. The van der Waals surface area contributed by atoms with Crippen LogP contribution in [-0.4, -0.2) is 18.1 Å². The van der Waals surface area contributed by atoms with Gasteiger partial charge in [0.2, 0.25) is 0 Å². The van der Waals surface area contributed by atoms with E-state index < -0.39 is 0 Å². The van der Waals surface area contributed by atoms with Gasteiger partial charge in [0, 0.05) is 11.6 Å². The van der Waals surface area contributed by atoms with Gasteiger partial charge in [-0.05, 0) is 43.5 Å². The van der Waals surface area contributed by atoms with E-state index in [9.17, 15) is 0 Å². The second kappa shape index (κ2) is 4.22. The van der Waals surface area contributed by atoms with Crippen molar-refractivity contribution in [2.45, 2.75) is 12.8 Å². The molecule has 1 aromatic heterocycles. The fourth-order valence-electron chi connectivity index (χ4n) is 2.53. The summed E-state index contributed by atoms with van der Waals surface area (Å²) >= 11 is 0. The number of rotatable bonds is 2. The molecule has 0 spiro atoms. The molecule has 82 valence electrons. The lowest BCUT2D eigenvalue weighted by Crippen LogP contribution is -2.11. The molecule has 0 saturated carbocycles. The Morgan fingerprint density at radius 1 is 1.25 bits per heavy atom. The molecule has 0 aliphatic carbocycles. The zero-order chi connectivity index (χ0) is 10.8. The van der Waals surface area contributed by atoms with E-state index in [1.54, 1.807) is 0 Å². The maximum absolute atomic E-state index is 4.50. The quantitative estimate of drug-likeness (QED) is 0.826. The molecule has 1 aliphatic heterocycles. The van der Waals surface area contributed by atoms with E-state index in [1.165, 1.54) is 29.4 Å². The Bertz CT molecular complexity index is 482. The molecule has 16 heavy (non-hydrogen) atoms. The van der Waals surface area contributed by atoms with Crippen LogP contribution in [0.25, 0.3) is 10.9 Å². The van der Waals surface area contributed by atoms with E-state index in [0.29, 0.717) is 0 Å². The third-order valence-corrected chi connectivity index (χ3v) is 3.39. The van der Waals surface area contributed by atoms with E-state index in [4.69, 9.17) is 0 Å². The second-order valence-electron chi connectivity index (χ2n) is 4.56. The molecule has 2 heteroatoms. The molecule has 2 aromatic rings. The van der Waals surface area contributed by atoms with Crippen LogP contribution in [0.5, 0.6) is 0 Å². The summed E-state index contributed by atoms with van der Waals surface area (Å²) in [6.45, 7) is 2.33. The van der Waals surface area contributed by atoms with Gasteiger partial charge in [0.1, 0.15) is 0 Å². The van der Waals surface area contributed by atoms with Crippen molar-refractivity contribution in [1.82, 2.24) is 10.3 Å². The minimum absolute atomic E-state index is 0.785. The number of hydrogen-bond acceptors (Lipinski definition) is 2. The molecule has 1 N–H and O–H groups in total. The first-order valence-corrected chi connectivity index (χ1v) is 5.97. The van der Waals surface area contributed by atoms with E-state index >= 15 is 0 Å². The van der Waals surface area contributed by atoms with Crippen LogP contribution in [-0.2, 0) is 6.42 Å². The largest absolute Gasteiger partial charge is 0.316 e. The Labute approximate surface area is 95.7 Å². The highest BCUT2D eigenvalue weighted by atomic mass is 14.9. The fraction of sp³-hybridized carbons (Fsp3) is 0.357. The minimum Gasteiger partial charge on any atom is -0.316 e. The number of pyridine rings is 1. The lowest BCUT2D eigenvalue weighted by atomic mass is 9.97. The second-order valence-corrected chi connectivity index (χ2v) is 4.56. The van der Waals surface area contributed by atoms with Crippen LogP contribution in [0.1, 0.15) is 12.0 Å². The number of para-hydroxylation sites is 1. The maximum atomic E-state index is 4.50. The Kier molecular flexibility index (Phi) is 2.58. The van der Waals surface area contributed by atoms with Crippen LogP contribution in [0, 0.1) is 5.92 Å². The Morgan fingerprint density at radius 2 is 2.19 bits per heavy atom. The first-order chi connectivity index (χ1) is 7.93. The monoisotopic (exact) mass is 212 g/mol. The highest BCUT2D eigenvalue weighted by Gasteiger charge is 2.16. The van der Waals surface area contributed by atoms with Crippen LogP contribution in [0.4, 0.5) is 0 Å². The maximum Gasteiger partial charge on any atom is 0.0733 e. The van der Waals surface area contributed by atoms with Gasteiger partial charge in [-0.1, -0.05) is 24.3 Å². The molecule has 1 saturated heterocycles. The number of fused-ring (bicyclic) bond motifs is 1. The third kappa shape index (κ3) is 1.81. The van der Waals surface area contributed by atoms with Gasteiger partial charge in [-0.3, -0.25) is 4.98 Å². The lowest BCUT2D eigenvalue weighted by Gasteiger charge is -2.10. The first kappa shape index (κ1) is 9.79. The van der Waals surface area contributed by atoms with Crippen molar-refractivity contribution < 1.29 is 0 Å². The van der Waals surface area contributed by atoms with E-state index in [2.05, 4.69) is 34.6 Å². The van der Waals surface area contributed by atoms with Crippen molar-refractivity contribution >= 4 is 10.9 Å². The molecule has 3 rings (SSSR count). The zero-order valence-electron chi connectivity index (χ0n) is 9.32. The number of nitrogens with one attached hydrogen (secondary N) is 1. The van der Waals surface area contributed by atoms with Gasteiger partial charge >= 0.3 is 0 Å². The highest BCUT2D eigenvalue weighted by Crippen LogP contribution is 2.21. The summed E-state index contributed by atoms with van der Waals surface area (Å²) in [6, 6.07) is 10.6. The highest BCUT2D eigenvalue weighted by molar-refractivity contribution is 5.81. The number of nitrogens with zero attached hydrogens (tertiary/aromatic N) is 1. The summed E-state index contributed by atoms with van der Waals surface area (Å²) < 4.78 is 0. The summed E-state index contributed by atoms with van der Waals surface area (Å²) in [5.74, 6) is 0.785. The summed E-state index contributed by atoms with van der Waals surface area (Å²) in [7, 11) is 0. The molecular formula is C14H16N2. The first-order valence-electron chi connectivity index (χ1n) is 5.97. The Balaban J connectivity index is 1.96. The minimum atomic E-state index is 0.785. The van der Waals surface area contributed by atoms with Crippen LogP contribution in [0.15, 0.2) is 36.5 Å². The molecule has 0 bridgehead atoms. The molecular weight excluding hydrogens is 196 g/mol. The van der Waals surface area contributed by atoms with Crippen molar-refractivity contribution in [1.29, 1.82) is 0 Å². The molecule has 0 radical (unpaired) electrons. The van der Waals surface area contributed by atoms with Gasteiger partial charge < -0.3 is 5.32 Å². The Morgan fingerprint density at radius 3 is 3.06 bits per heavy atom. The number of benzene rings is 1. The van der Waals surface area contributed by atoms with Gasteiger partial charge in [-0.25, -0.2) is 0 Å². The van der Waals surface area contributed by atoms with Crippen molar-refractivity contribution in [3.63, 3.8) is 0 Å². The fourth-order valence-corrected chi connectivity index (χ4v) is 2.53. The molecule has 0 amide bonds. The summed E-state index contributed by atoms with van der Waals surface area (Å²) in [5.41, 5.74) is 2.57. The van der Waals surface area contributed by atoms with Crippen molar-refractivity contribution in [3.8, 4) is 0 Å². The number of aromatic nitrogens is 1. The average molecular weight is 212 g/mol.